The highest BCUT2D eigenvalue weighted by molar-refractivity contribution is 6.39. The Morgan fingerprint density at radius 3 is 2.52 bits per heavy atom. The number of rotatable bonds is 3. The van der Waals surface area contributed by atoms with E-state index < -0.39 is 0 Å². The van der Waals surface area contributed by atoms with Crippen LogP contribution in [0.15, 0.2) is 23.3 Å². The van der Waals surface area contributed by atoms with E-state index in [0.717, 1.165) is 5.56 Å². The highest BCUT2D eigenvalue weighted by atomic mass is 16.7. The van der Waals surface area contributed by atoms with Crippen molar-refractivity contribution in [1.29, 1.82) is 0 Å². The summed E-state index contributed by atoms with van der Waals surface area (Å²) in [5.41, 5.74) is 3.58. The molecule has 3 aliphatic heterocycles. The number of nitrogens with zero attached hydrogens (tertiary/aromatic N) is 3. The Balaban J connectivity index is 1.30. The van der Waals surface area contributed by atoms with Crippen molar-refractivity contribution < 1.29 is 23.9 Å². The van der Waals surface area contributed by atoms with Crippen LogP contribution in [0.5, 0.6) is 11.5 Å². The van der Waals surface area contributed by atoms with Gasteiger partial charge in [0.1, 0.15) is 5.71 Å². The molecule has 3 aliphatic rings. The number of carbonyl (C=O) groups is 3. The van der Waals surface area contributed by atoms with Crippen molar-refractivity contribution in [3.05, 3.63) is 23.8 Å². The van der Waals surface area contributed by atoms with Crippen LogP contribution in [0.3, 0.4) is 0 Å². The second kappa shape index (κ2) is 7.26. The molecule has 1 aromatic carbocycles. The van der Waals surface area contributed by atoms with Crippen LogP contribution in [0.2, 0.25) is 0 Å². The molecular formula is C18H20N4O5. The molecule has 0 aromatic heterocycles. The summed E-state index contributed by atoms with van der Waals surface area (Å²) in [6.07, 6.45) is 0.913. The SMILES string of the molecule is O=C1CCC(C(=O)N2CCN(C(=O)Cc3ccc4c(c3)OCO4)CC2)=NN1. The van der Waals surface area contributed by atoms with Crippen LogP contribution < -0.4 is 14.9 Å². The first-order valence-corrected chi connectivity index (χ1v) is 8.91. The first-order valence-electron chi connectivity index (χ1n) is 8.91. The maximum atomic E-state index is 12.6. The van der Waals surface area contributed by atoms with Gasteiger partial charge in [0, 0.05) is 39.0 Å². The number of benzene rings is 1. The van der Waals surface area contributed by atoms with Gasteiger partial charge in [-0.2, -0.15) is 5.10 Å². The van der Waals surface area contributed by atoms with Gasteiger partial charge in [-0.15, -0.1) is 0 Å². The van der Waals surface area contributed by atoms with Crippen LogP contribution in [0.1, 0.15) is 18.4 Å². The molecular weight excluding hydrogens is 352 g/mol. The quantitative estimate of drug-likeness (QED) is 0.798. The van der Waals surface area contributed by atoms with Gasteiger partial charge in [0.2, 0.25) is 18.6 Å². The van der Waals surface area contributed by atoms with Crippen molar-refractivity contribution in [1.82, 2.24) is 15.2 Å². The Morgan fingerprint density at radius 2 is 1.78 bits per heavy atom. The van der Waals surface area contributed by atoms with E-state index in [0.29, 0.717) is 49.8 Å². The Bertz CT molecular complexity index is 814. The van der Waals surface area contributed by atoms with E-state index in [1.54, 1.807) is 9.80 Å². The maximum Gasteiger partial charge on any atom is 0.270 e. The summed E-state index contributed by atoms with van der Waals surface area (Å²) < 4.78 is 10.6. The van der Waals surface area contributed by atoms with Crippen molar-refractivity contribution >= 4 is 23.4 Å². The Morgan fingerprint density at radius 1 is 1.04 bits per heavy atom. The third-order valence-corrected chi connectivity index (χ3v) is 4.86. The molecule has 1 aromatic rings. The fourth-order valence-electron chi connectivity index (χ4n) is 3.31. The second-order valence-corrected chi connectivity index (χ2v) is 6.63. The lowest BCUT2D eigenvalue weighted by Crippen LogP contribution is -2.53. The van der Waals surface area contributed by atoms with Gasteiger partial charge in [0.25, 0.3) is 5.91 Å². The molecule has 0 spiro atoms. The van der Waals surface area contributed by atoms with Gasteiger partial charge in [0.15, 0.2) is 11.5 Å². The van der Waals surface area contributed by atoms with E-state index in [2.05, 4.69) is 10.5 Å². The summed E-state index contributed by atoms with van der Waals surface area (Å²) in [4.78, 5) is 39.6. The minimum absolute atomic E-state index is 0.0169. The van der Waals surface area contributed by atoms with Gasteiger partial charge >= 0.3 is 0 Å². The zero-order chi connectivity index (χ0) is 18.8. The van der Waals surface area contributed by atoms with Crippen molar-refractivity contribution in [3.63, 3.8) is 0 Å². The molecule has 9 nitrogen and oxygen atoms in total. The Kier molecular flexibility index (Phi) is 4.66. The van der Waals surface area contributed by atoms with E-state index in [4.69, 9.17) is 9.47 Å². The zero-order valence-corrected chi connectivity index (χ0v) is 14.8. The highest BCUT2D eigenvalue weighted by Gasteiger charge is 2.28. The van der Waals surface area contributed by atoms with Gasteiger partial charge in [-0.1, -0.05) is 6.07 Å². The number of piperazine rings is 1. The number of amides is 3. The number of fused-ring (bicyclic) bond motifs is 1. The summed E-state index contributed by atoms with van der Waals surface area (Å²) in [6, 6.07) is 5.50. The smallest absolute Gasteiger partial charge is 0.270 e. The predicted octanol–water partition coefficient (Wildman–Crippen LogP) is -0.105. The molecule has 0 radical (unpaired) electrons. The molecule has 0 atom stereocenters. The third-order valence-electron chi connectivity index (χ3n) is 4.86. The van der Waals surface area contributed by atoms with Gasteiger partial charge < -0.3 is 19.3 Å². The van der Waals surface area contributed by atoms with Crippen molar-refractivity contribution in [2.75, 3.05) is 33.0 Å². The fourth-order valence-corrected chi connectivity index (χ4v) is 3.31. The molecule has 0 unspecified atom stereocenters. The van der Waals surface area contributed by atoms with Crippen LogP contribution >= 0.6 is 0 Å². The van der Waals surface area contributed by atoms with E-state index >= 15 is 0 Å². The van der Waals surface area contributed by atoms with Gasteiger partial charge in [-0.05, 0) is 17.7 Å². The standard InChI is InChI=1S/C18H20N4O5/c23-16-4-2-13(19-20-16)18(25)22-7-5-21(6-8-22)17(24)10-12-1-3-14-15(9-12)27-11-26-14/h1,3,9H,2,4-8,10-11H2,(H,20,23). The molecule has 27 heavy (non-hydrogen) atoms. The summed E-state index contributed by atoms with van der Waals surface area (Å²) in [5, 5.41) is 3.85. The lowest BCUT2D eigenvalue weighted by atomic mass is 10.1. The molecule has 0 saturated carbocycles. The summed E-state index contributed by atoms with van der Waals surface area (Å²) >= 11 is 0. The first-order chi connectivity index (χ1) is 13.1. The third kappa shape index (κ3) is 3.71. The lowest BCUT2D eigenvalue weighted by molar-refractivity contribution is -0.136. The summed E-state index contributed by atoms with van der Waals surface area (Å²) in [7, 11) is 0. The summed E-state index contributed by atoms with van der Waals surface area (Å²) in [5.74, 6) is 1.03. The lowest BCUT2D eigenvalue weighted by Gasteiger charge is -2.35. The molecule has 0 bridgehead atoms. The molecule has 0 aliphatic carbocycles. The number of hydrogen-bond donors (Lipinski definition) is 1. The van der Waals surface area contributed by atoms with E-state index in [-0.39, 0.29) is 37.4 Å². The van der Waals surface area contributed by atoms with Crippen LogP contribution in [-0.2, 0) is 20.8 Å². The maximum absolute atomic E-state index is 12.6. The van der Waals surface area contributed by atoms with Crippen LogP contribution in [-0.4, -0.2) is 66.2 Å². The van der Waals surface area contributed by atoms with E-state index in [1.807, 2.05) is 18.2 Å². The van der Waals surface area contributed by atoms with Crippen LogP contribution in [0.25, 0.3) is 0 Å². The van der Waals surface area contributed by atoms with E-state index in [1.165, 1.54) is 0 Å². The minimum atomic E-state index is -0.175. The van der Waals surface area contributed by atoms with Gasteiger partial charge in [-0.3, -0.25) is 14.4 Å². The summed E-state index contributed by atoms with van der Waals surface area (Å²) in [6.45, 7) is 2.08. The number of hydrogen-bond acceptors (Lipinski definition) is 6. The van der Waals surface area contributed by atoms with E-state index in [9.17, 15) is 14.4 Å². The number of carbonyl (C=O) groups excluding carboxylic acids is 3. The topological polar surface area (TPSA) is 101 Å². The number of nitrogens with one attached hydrogen (secondary N) is 1. The largest absolute Gasteiger partial charge is 0.454 e. The fraction of sp³-hybridized carbons (Fsp3) is 0.444. The molecule has 142 valence electrons. The monoisotopic (exact) mass is 372 g/mol. The average molecular weight is 372 g/mol. The van der Waals surface area contributed by atoms with Gasteiger partial charge in [0.05, 0.1) is 6.42 Å². The average Bonchev–Trinajstić information content (AvgIpc) is 3.16. The van der Waals surface area contributed by atoms with Crippen LogP contribution in [0.4, 0.5) is 0 Å². The zero-order valence-electron chi connectivity index (χ0n) is 14.8. The Labute approximate surface area is 155 Å². The van der Waals surface area contributed by atoms with Crippen molar-refractivity contribution in [2.45, 2.75) is 19.3 Å². The molecule has 1 saturated heterocycles. The van der Waals surface area contributed by atoms with Gasteiger partial charge in [-0.25, -0.2) is 5.43 Å². The second-order valence-electron chi connectivity index (χ2n) is 6.63. The molecule has 1 N–H and O–H groups in total. The van der Waals surface area contributed by atoms with Crippen LogP contribution in [0, 0.1) is 0 Å². The highest BCUT2D eigenvalue weighted by Crippen LogP contribution is 2.32. The first kappa shape index (κ1) is 17.3. The van der Waals surface area contributed by atoms with Crippen molar-refractivity contribution in [2.24, 2.45) is 5.10 Å². The normalized spacial score (nSPS) is 18.8. The number of ether oxygens (including phenoxy) is 2. The molecule has 9 heteroatoms. The molecule has 3 amide bonds. The Hall–Kier alpha value is -3.10. The minimum Gasteiger partial charge on any atom is -0.454 e. The van der Waals surface area contributed by atoms with Crippen molar-refractivity contribution in [3.8, 4) is 11.5 Å². The predicted molar refractivity (Wildman–Crippen MR) is 94.2 cm³/mol. The molecule has 1 fully saturated rings. The number of hydrazone groups is 1. The molecule has 4 rings (SSSR count). The molecule has 3 heterocycles.